The van der Waals surface area contributed by atoms with E-state index >= 15 is 0 Å². The lowest BCUT2D eigenvalue weighted by Crippen LogP contribution is -1.99. The van der Waals surface area contributed by atoms with E-state index in [4.69, 9.17) is 4.52 Å². The van der Waals surface area contributed by atoms with Crippen LogP contribution in [-0.2, 0) is 13.0 Å². The normalized spacial score (nSPS) is 10.7. The highest BCUT2D eigenvalue weighted by Crippen LogP contribution is 2.14. The van der Waals surface area contributed by atoms with E-state index in [2.05, 4.69) is 46.0 Å². The molecular formula is C15H15N3OS. The summed E-state index contributed by atoms with van der Waals surface area (Å²) >= 11 is 1.70. The molecule has 2 aromatic heterocycles. The molecule has 102 valence electrons. The van der Waals surface area contributed by atoms with E-state index < -0.39 is 0 Å². The van der Waals surface area contributed by atoms with Crippen LogP contribution >= 0.6 is 11.3 Å². The van der Waals surface area contributed by atoms with E-state index in [1.807, 2.05) is 18.2 Å². The highest BCUT2D eigenvalue weighted by molar-refractivity contribution is 7.09. The molecule has 0 aliphatic carbocycles. The van der Waals surface area contributed by atoms with Gasteiger partial charge in [-0.15, -0.1) is 11.3 Å². The third-order valence-electron chi connectivity index (χ3n) is 2.92. The molecule has 1 N–H and O–H groups in total. The smallest absolute Gasteiger partial charge is 0.245 e. The number of thiophene rings is 1. The SMILES string of the molecule is Cc1ccc(NCc2nc(Cc3cccs3)no2)cc1. The van der Waals surface area contributed by atoms with Crippen molar-refractivity contribution in [2.75, 3.05) is 5.32 Å². The third-order valence-corrected chi connectivity index (χ3v) is 3.79. The summed E-state index contributed by atoms with van der Waals surface area (Å²) in [4.78, 5) is 5.62. The Morgan fingerprint density at radius 1 is 1.20 bits per heavy atom. The molecule has 1 aromatic carbocycles. The summed E-state index contributed by atoms with van der Waals surface area (Å²) in [7, 11) is 0. The van der Waals surface area contributed by atoms with Crippen molar-refractivity contribution in [3.8, 4) is 0 Å². The first-order valence-electron chi connectivity index (χ1n) is 6.44. The number of aromatic nitrogens is 2. The Morgan fingerprint density at radius 3 is 2.80 bits per heavy atom. The van der Waals surface area contributed by atoms with Crippen LogP contribution in [0.5, 0.6) is 0 Å². The van der Waals surface area contributed by atoms with Gasteiger partial charge < -0.3 is 9.84 Å². The Labute approximate surface area is 121 Å². The summed E-state index contributed by atoms with van der Waals surface area (Å²) in [6.07, 6.45) is 0.728. The van der Waals surface area contributed by atoms with Crippen molar-refractivity contribution in [3.63, 3.8) is 0 Å². The van der Waals surface area contributed by atoms with Crippen molar-refractivity contribution < 1.29 is 4.52 Å². The number of anilines is 1. The Balaban J connectivity index is 1.58. The minimum atomic E-state index is 0.542. The first kappa shape index (κ1) is 12.9. The number of aryl methyl sites for hydroxylation is 1. The molecule has 0 fully saturated rings. The van der Waals surface area contributed by atoms with Gasteiger partial charge in [-0.2, -0.15) is 4.98 Å². The minimum absolute atomic E-state index is 0.542. The predicted molar refractivity (Wildman–Crippen MR) is 79.9 cm³/mol. The number of nitrogens with one attached hydrogen (secondary N) is 1. The van der Waals surface area contributed by atoms with Gasteiger partial charge in [0.05, 0.1) is 6.54 Å². The summed E-state index contributed by atoms with van der Waals surface area (Å²) in [5, 5.41) is 9.32. The van der Waals surface area contributed by atoms with E-state index in [1.54, 1.807) is 11.3 Å². The Bertz CT molecular complexity index is 659. The third kappa shape index (κ3) is 3.24. The van der Waals surface area contributed by atoms with Gasteiger partial charge in [0.1, 0.15) is 0 Å². The van der Waals surface area contributed by atoms with Gasteiger partial charge in [0.2, 0.25) is 5.89 Å². The van der Waals surface area contributed by atoms with Gasteiger partial charge in [-0.25, -0.2) is 0 Å². The Morgan fingerprint density at radius 2 is 2.05 bits per heavy atom. The van der Waals surface area contributed by atoms with Crippen LogP contribution in [0.15, 0.2) is 46.3 Å². The summed E-state index contributed by atoms with van der Waals surface area (Å²) in [5.74, 6) is 1.34. The second kappa shape index (κ2) is 5.88. The van der Waals surface area contributed by atoms with Crippen LogP contribution in [0.1, 0.15) is 22.2 Å². The molecule has 2 heterocycles. The van der Waals surface area contributed by atoms with Crippen LogP contribution in [0.25, 0.3) is 0 Å². The topological polar surface area (TPSA) is 51.0 Å². The molecular weight excluding hydrogens is 270 g/mol. The maximum absolute atomic E-state index is 5.24. The predicted octanol–water partition coefficient (Wildman–Crippen LogP) is 3.64. The fourth-order valence-electron chi connectivity index (χ4n) is 1.85. The van der Waals surface area contributed by atoms with E-state index in [9.17, 15) is 0 Å². The first-order valence-corrected chi connectivity index (χ1v) is 7.32. The fourth-order valence-corrected chi connectivity index (χ4v) is 2.55. The second-order valence-corrected chi connectivity index (χ2v) is 5.61. The van der Waals surface area contributed by atoms with Gasteiger partial charge in [-0.3, -0.25) is 0 Å². The highest BCUT2D eigenvalue weighted by atomic mass is 32.1. The molecule has 0 saturated heterocycles. The lowest BCUT2D eigenvalue weighted by atomic mass is 10.2. The fraction of sp³-hybridized carbons (Fsp3) is 0.200. The molecule has 3 rings (SSSR count). The van der Waals surface area contributed by atoms with Crippen molar-refractivity contribution in [2.24, 2.45) is 0 Å². The molecule has 0 aliphatic heterocycles. The standard InChI is InChI=1S/C15H15N3OS/c1-11-4-6-12(7-5-11)16-10-15-17-14(18-19-15)9-13-3-2-8-20-13/h2-8,16H,9-10H2,1H3. The molecule has 0 radical (unpaired) electrons. The Kier molecular flexibility index (Phi) is 3.78. The van der Waals surface area contributed by atoms with Crippen molar-refractivity contribution in [1.82, 2.24) is 10.1 Å². The zero-order valence-corrected chi connectivity index (χ0v) is 12.0. The lowest BCUT2D eigenvalue weighted by molar-refractivity contribution is 0.378. The van der Waals surface area contributed by atoms with Crippen LogP contribution < -0.4 is 5.32 Å². The van der Waals surface area contributed by atoms with Gasteiger partial charge >= 0.3 is 0 Å². The summed E-state index contributed by atoms with van der Waals surface area (Å²) in [6.45, 7) is 2.61. The first-order chi connectivity index (χ1) is 9.79. The van der Waals surface area contributed by atoms with E-state index in [1.165, 1.54) is 10.4 Å². The second-order valence-electron chi connectivity index (χ2n) is 4.58. The van der Waals surface area contributed by atoms with E-state index in [0.29, 0.717) is 12.4 Å². The maximum Gasteiger partial charge on any atom is 0.245 e. The molecule has 0 atom stereocenters. The van der Waals surface area contributed by atoms with Crippen molar-refractivity contribution in [2.45, 2.75) is 19.9 Å². The zero-order chi connectivity index (χ0) is 13.8. The van der Waals surface area contributed by atoms with Crippen molar-refractivity contribution >= 4 is 17.0 Å². The monoisotopic (exact) mass is 285 g/mol. The molecule has 0 bridgehead atoms. The molecule has 0 unspecified atom stereocenters. The number of hydrogen-bond acceptors (Lipinski definition) is 5. The molecule has 4 nitrogen and oxygen atoms in total. The summed E-state index contributed by atoms with van der Waals surface area (Å²) in [5.41, 5.74) is 2.29. The van der Waals surface area contributed by atoms with Crippen LogP contribution in [0.2, 0.25) is 0 Å². The van der Waals surface area contributed by atoms with Crippen LogP contribution in [0.3, 0.4) is 0 Å². The minimum Gasteiger partial charge on any atom is -0.376 e. The number of rotatable bonds is 5. The molecule has 5 heteroatoms. The highest BCUT2D eigenvalue weighted by Gasteiger charge is 2.07. The number of hydrogen-bond donors (Lipinski definition) is 1. The average molecular weight is 285 g/mol. The van der Waals surface area contributed by atoms with E-state index in [-0.39, 0.29) is 0 Å². The van der Waals surface area contributed by atoms with Crippen LogP contribution in [0, 0.1) is 6.92 Å². The van der Waals surface area contributed by atoms with Gasteiger partial charge in [-0.1, -0.05) is 28.9 Å². The molecule has 0 amide bonds. The van der Waals surface area contributed by atoms with Gasteiger partial charge in [0.25, 0.3) is 0 Å². The quantitative estimate of drug-likeness (QED) is 0.777. The van der Waals surface area contributed by atoms with E-state index in [0.717, 1.165) is 17.9 Å². The summed E-state index contributed by atoms with van der Waals surface area (Å²) < 4.78 is 5.24. The molecule has 0 spiro atoms. The summed E-state index contributed by atoms with van der Waals surface area (Å²) in [6, 6.07) is 12.3. The lowest BCUT2D eigenvalue weighted by Gasteiger charge is -2.02. The number of nitrogens with zero attached hydrogens (tertiary/aromatic N) is 2. The van der Waals surface area contributed by atoms with Crippen LogP contribution in [-0.4, -0.2) is 10.1 Å². The molecule has 0 saturated carbocycles. The zero-order valence-electron chi connectivity index (χ0n) is 11.2. The average Bonchev–Trinajstić information content (AvgIpc) is 3.11. The van der Waals surface area contributed by atoms with Crippen LogP contribution in [0.4, 0.5) is 5.69 Å². The maximum atomic E-state index is 5.24. The Hall–Kier alpha value is -2.14. The number of benzene rings is 1. The molecule has 3 aromatic rings. The van der Waals surface area contributed by atoms with Crippen molar-refractivity contribution in [3.05, 3.63) is 63.9 Å². The van der Waals surface area contributed by atoms with Gasteiger partial charge in [0.15, 0.2) is 5.82 Å². The molecule has 0 aliphatic rings. The molecule has 20 heavy (non-hydrogen) atoms. The van der Waals surface area contributed by atoms with Gasteiger partial charge in [0, 0.05) is 17.0 Å². The van der Waals surface area contributed by atoms with Gasteiger partial charge in [-0.05, 0) is 30.5 Å². The van der Waals surface area contributed by atoms with Crippen molar-refractivity contribution in [1.29, 1.82) is 0 Å². The largest absolute Gasteiger partial charge is 0.376 e.